The molecule has 1 heterocycles. The van der Waals surface area contributed by atoms with Crippen LogP contribution in [0, 0.1) is 18.8 Å². The Morgan fingerprint density at radius 2 is 2.18 bits per heavy atom. The van der Waals surface area contributed by atoms with Crippen molar-refractivity contribution in [2.45, 2.75) is 32.6 Å². The quantitative estimate of drug-likeness (QED) is 0.814. The number of Topliss-reactive ketones (excluding diaryl/α,β-unsaturated/α-hetero) is 1. The third kappa shape index (κ3) is 2.72. The minimum Gasteiger partial charge on any atom is -0.330 e. The van der Waals surface area contributed by atoms with Gasteiger partial charge in [-0.25, -0.2) is 0 Å². The maximum absolute atomic E-state index is 12.4. The summed E-state index contributed by atoms with van der Waals surface area (Å²) in [6.07, 6.45) is 7.88. The van der Waals surface area contributed by atoms with Gasteiger partial charge in [-0.1, -0.05) is 12.8 Å². The van der Waals surface area contributed by atoms with Gasteiger partial charge in [-0.15, -0.1) is 0 Å². The molecule has 0 amide bonds. The van der Waals surface area contributed by atoms with Crippen LogP contribution in [-0.2, 0) is 0 Å². The summed E-state index contributed by atoms with van der Waals surface area (Å²) in [6.45, 7) is 2.58. The van der Waals surface area contributed by atoms with Crippen LogP contribution in [0.2, 0.25) is 0 Å². The monoisotopic (exact) mass is 232 g/mol. The van der Waals surface area contributed by atoms with Gasteiger partial charge < -0.3 is 5.73 Å². The van der Waals surface area contributed by atoms with Crippen LogP contribution in [0.1, 0.15) is 41.6 Å². The smallest absolute Gasteiger partial charge is 0.167 e. The molecular weight excluding hydrogens is 212 g/mol. The minimum absolute atomic E-state index is 0.109. The Balaban J connectivity index is 2.18. The lowest BCUT2D eigenvalue weighted by atomic mass is 9.75. The number of ketones is 1. The third-order valence-electron chi connectivity index (χ3n) is 3.71. The van der Waals surface area contributed by atoms with E-state index in [1.165, 1.54) is 6.42 Å². The lowest BCUT2D eigenvalue weighted by Crippen LogP contribution is -2.32. The van der Waals surface area contributed by atoms with E-state index in [0.717, 1.165) is 30.4 Å². The normalized spacial score (nSPS) is 24.6. The second-order valence-corrected chi connectivity index (χ2v) is 5.00. The molecule has 3 heteroatoms. The largest absolute Gasteiger partial charge is 0.330 e. The van der Waals surface area contributed by atoms with Crippen LogP contribution in [-0.4, -0.2) is 17.3 Å². The molecule has 2 rings (SSSR count). The van der Waals surface area contributed by atoms with E-state index < -0.39 is 0 Å². The van der Waals surface area contributed by atoms with Gasteiger partial charge in [0.2, 0.25) is 0 Å². The molecule has 3 nitrogen and oxygen atoms in total. The van der Waals surface area contributed by atoms with Crippen molar-refractivity contribution in [1.82, 2.24) is 4.98 Å². The van der Waals surface area contributed by atoms with Gasteiger partial charge in [-0.3, -0.25) is 9.78 Å². The zero-order valence-electron chi connectivity index (χ0n) is 10.4. The molecule has 0 aliphatic heterocycles. The molecule has 1 aromatic rings. The van der Waals surface area contributed by atoms with Crippen molar-refractivity contribution in [3.63, 3.8) is 0 Å². The highest BCUT2D eigenvalue weighted by atomic mass is 16.1. The Labute approximate surface area is 102 Å². The van der Waals surface area contributed by atoms with Gasteiger partial charge in [0.05, 0.1) is 0 Å². The van der Waals surface area contributed by atoms with Crippen LogP contribution in [0.4, 0.5) is 0 Å². The highest BCUT2D eigenvalue weighted by molar-refractivity contribution is 5.97. The number of pyridine rings is 1. The van der Waals surface area contributed by atoms with Gasteiger partial charge in [0.15, 0.2) is 5.78 Å². The van der Waals surface area contributed by atoms with Gasteiger partial charge >= 0.3 is 0 Å². The van der Waals surface area contributed by atoms with Crippen LogP contribution < -0.4 is 5.73 Å². The molecule has 0 saturated heterocycles. The highest BCUT2D eigenvalue weighted by Crippen LogP contribution is 2.31. The first-order valence-electron chi connectivity index (χ1n) is 6.38. The number of carbonyl (C=O) groups is 1. The van der Waals surface area contributed by atoms with Gasteiger partial charge in [0.1, 0.15) is 0 Å². The lowest BCUT2D eigenvalue weighted by molar-refractivity contribution is 0.0829. The summed E-state index contributed by atoms with van der Waals surface area (Å²) in [6, 6.07) is 1.93. The molecule has 17 heavy (non-hydrogen) atoms. The van der Waals surface area contributed by atoms with E-state index in [4.69, 9.17) is 5.73 Å². The van der Waals surface area contributed by atoms with Crippen LogP contribution in [0.3, 0.4) is 0 Å². The Hall–Kier alpha value is -1.22. The van der Waals surface area contributed by atoms with Gasteiger partial charge in [-0.2, -0.15) is 0 Å². The van der Waals surface area contributed by atoms with E-state index in [0.29, 0.717) is 12.5 Å². The van der Waals surface area contributed by atoms with Crippen LogP contribution >= 0.6 is 0 Å². The molecule has 2 unspecified atom stereocenters. The Morgan fingerprint density at radius 3 is 2.88 bits per heavy atom. The van der Waals surface area contributed by atoms with Crippen molar-refractivity contribution in [3.05, 3.63) is 29.6 Å². The van der Waals surface area contributed by atoms with Crippen molar-refractivity contribution in [3.8, 4) is 0 Å². The first kappa shape index (κ1) is 12.2. The maximum Gasteiger partial charge on any atom is 0.167 e. The average Bonchev–Trinajstić information content (AvgIpc) is 2.38. The molecular formula is C14H20N2O. The molecule has 92 valence electrons. The fourth-order valence-electron chi connectivity index (χ4n) is 2.74. The summed E-state index contributed by atoms with van der Waals surface area (Å²) in [5.41, 5.74) is 7.56. The topological polar surface area (TPSA) is 56.0 Å². The zero-order chi connectivity index (χ0) is 12.3. The summed E-state index contributed by atoms with van der Waals surface area (Å²) in [4.78, 5) is 16.5. The number of carbonyl (C=O) groups excluding carboxylic acids is 1. The van der Waals surface area contributed by atoms with Crippen molar-refractivity contribution in [2.24, 2.45) is 17.6 Å². The molecule has 0 aromatic carbocycles. The van der Waals surface area contributed by atoms with E-state index in [1.807, 2.05) is 13.0 Å². The van der Waals surface area contributed by atoms with E-state index >= 15 is 0 Å². The second kappa shape index (κ2) is 5.41. The minimum atomic E-state index is 0.109. The van der Waals surface area contributed by atoms with Crippen LogP contribution in [0.5, 0.6) is 0 Å². The Bertz CT molecular complexity index is 403. The number of nitrogens with zero attached hydrogens (tertiary/aromatic N) is 1. The van der Waals surface area contributed by atoms with E-state index in [2.05, 4.69) is 4.98 Å². The summed E-state index contributed by atoms with van der Waals surface area (Å²) >= 11 is 0. The fourth-order valence-corrected chi connectivity index (χ4v) is 2.74. The van der Waals surface area contributed by atoms with Crippen LogP contribution in [0.15, 0.2) is 18.5 Å². The van der Waals surface area contributed by atoms with E-state index in [9.17, 15) is 4.79 Å². The van der Waals surface area contributed by atoms with Gasteiger partial charge in [-0.05, 0) is 43.9 Å². The maximum atomic E-state index is 12.4. The number of aromatic nitrogens is 1. The molecule has 1 saturated carbocycles. The molecule has 2 N–H and O–H groups in total. The molecule has 0 bridgehead atoms. The van der Waals surface area contributed by atoms with E-state index in [1.54, 1.807) is 12.4 Å². The van der Waals surface area contributed by atoms with Crippen molar-refractivity contribution in [1.29, 1.82) is 0 Å². The third-order valence-corrected chi connectivity index (χ3v) is 3.71. The van der Waals surface area contributed by atoms with Crippen molar-refractivity contribution in [2.75, 3.05) is 6.54 Å². The SMILES string of the molecule is Cc1cncc(C(=O)C2CCCCC2CN)c1. The first-order chi connectivity index (χ1) is 8.22. The number of rotatable bonds is 3. The molecule has 2 atom stereocenters. The summed E-state index contributed by atoms with van der Waals surface area (Å²) in [7, 11) is 0. The Kier molecular flexibility index (Phi) is 3.89. The van der Waals surface area contributed by atoms with Crippen molar-refractivity contribution < 1.29 is 4.79 Å². The average molecular weight is 232 g/mol. The zero-order valence-corrected chi connectivity index (χ0v) is 10.4. The number of nitrogens with two attached hydrogens (primary N) is 1. The van der Waals surface area contributed by atoms with Gasteiger partial charge in [0.25, 0.3) is 0 Å². The molecule has 1 fully saturated rings. The molecule has 0 spiro atoms. The summed E-state index contributed by atoms with van der Waals surface area (Å²) in [5.74, 6) is 0.700. The predicted molar refractivity (Wildman–Crippen MR) is 67.8 cm³/mol. The second-order valence-electron chi connectivity index (χ2n) is 5.00. The summed E-state index contributed by atoms with van der Waals surface area (Å²) in [5, 5.41) is 0. The first-order valence-corrected chi connectivity index (χ1v) is 6.38. The summed E-state index contributed by atoms with van der Waals surface area (Å²) < 4.78 is 0. The van der Waals surface area contributed by atoms with Crippen LogP contribution in [0.25, 0.3) is 0 Å². The van der Waals surface area contributed by atoms with Crippen molar-refractivity contribution >= 4 is 5.78 Å². The molecule has 1 aliphatic rings. The number of hydrogen-bond acceptors (Lipinski definition) is 3. The molecule has 0 radical (unpaired) electrons. The number of hydrogen-bond donors (Lipinski definition) is 1. The number of aryl methyl sites for hydroxylation is 1. The van der Waals surface area contributed by atoms with Gasteiger partial charge in [0, 0.05) is 23.9 Å². The lowest BCUT2D eigenvalue weighted by Gasteiger charge is -2.29. The fraction of sp³-hybridized carbons (Fsp3) is 0.571. The predicted octanol–water partition coefficient (Wildman–Crippen LogP) is 2.34. The highest BCUT2D eigenvalue weighted by Gasteiger charge is 2.30. The molecule has 1 aromatic heterocycles. The Morgan fingerprint density at radius 1 is 1.41 bits per heavy atom. The van der Waals surface area contributed by atoms with E-state index in [-0.39, 0.29) is 11.7 Å². The molecule has 1 aliphatic carbocycles. The standard InChI is InChI=1S/C14H20N2O/c1-10-6-12(9-16-8-10)14(17)13-5-3-2-4-11(13)7-15/h6,8-9,11,13H,2-5,7,15H2,1H3.